The van der Waals surface area contributed by atoms with Gasteiger partial charge in [0.25, 0.3) is 0 Å². The molecule has 1 unspecified atom stereocenters. The first-order valence-electron chi connectivity index (χ1n) is 10.5. The summed E-state index contributed by atoms with van der Waals surface area (Å²) < 4.78 is 28.7. The van der Waals surface area contributed by atoms with Crippen LogP contribution in [0.4, 0.5) is 0 Å². The Bertz CT molecular complexity index is 1130. The van der Waals surface area contributed by atoms with E-state index < -0.39 is 10.0 Å². The Morgan fingerprint density at radius 2 is 1.76 bits per heavy atom. The van der Waals surface area contributed by atoms with Crippen molar-refractivity contribution in [2.45, 2.75) is 63.3 Å². The highest BCUT2D eigenvalue weighted by Crippen LogP contribution is 2.39. The normalized spacial score (nSPS) is 18.1. The molecule has 0 bridgehead atoms. The zero-order chi connectivity index (χ0) is 20.8. The fraction of sp³-hybridized carbons (Fsp3) is 0.417. The van der Waals surface area contributed by atoms with Gasteiger partial charge < -0.3 is 4.98 Å². The van der Waals surface area contributed by atoms with Crippen molar-refractivity contribution < 1.29 is 8.42 Å². The van der Waals surface area contributed by atoms with Crippen molar-refractivity contribution in [2.75, 3.05) is 6.54 Å². The molecule has 29 heavy (non-hydrogen) atoms. The summed E-state index contributed by atoms with van der Waals surface area (Å²) in [4.78, 5) is 3.88. The summed E-state index contributed by atoms with van der Waals surface area (Å²) in [5, 5.41) is 1.21. The Kier molecular flexibility index (Phi) is 5.07. The average Bonchev–Trinajstić information content (AvgIpc) is 3.12. The van der Waals surface area contributed by atoms with Crippen LogP contribution in [-0.2, 0) is 21.9 Å². The third-order valence-electron chi connectivity index (χ3n) is 6.62. The predicted molar refractivity (Wildman–Crippen MR) is 119 cm³/mol. The smallest absolute Gasteiger partial charge is 0.243 e. The van der Waals surface area contributed by atoms with Crippen molar-refractivity contribution in [3.05, 3.63) is 65.4 Å². The van der Waals surface area contributed by atoms with E-state index in [1.807, 2.05) is 24.3 Å². The van der Waals surface area contributed by atoms with E-state index in [0.29, 0.717) is 11.4 Å². The van der Waals surface area contributed by atoms with Gasteiger partial charge in [-0.15, -0.1) is 0 Å². The molecule has 1 aromatic heterocycles. The van der Waals surface area contributed by atoms with E-state index >= 15 is 0 Å². The fourth-order valence-electron chi connectivity index (χ4n) is 4.41. The van der Waals surface area contributed by atoms with Crippen LogP contribution in [0, 0.1) is 0 Å². The maximum atomic E-state index is 13.5. The van der Waals surface area contributed by atoms with Crippen LogP contribution in [0.25, 0.3) is 10.9 Å². The van der Waals surface area contributed by atoms with Crippen molar-refractivity contribution in [3.8, 4) is 0 Å². The molecule has 0 aliphatic carbocycles. The molecule has 5 heteroatoms. The van der Waals surface area contributed by atoms with Crippen LogP contribution in [0.1, 0.15) is 63.4 Å². The quantitative estimate of drug-likeness (QED) is 0.599. The lowest BCUT2D eigenvalue weighted by atomic mass is 9.82. The van der Waals surface area contributed by atoms with Gasteiger partial charge in [0.15, 0.2) is 0 Å². The first-order valence-corrected chi connectivity index (χ1v) is 12.0. The van der Waals surface area contributed by atoms with Crippen molar-refractivity contribution in [1.82, 2.24) is 9.29 Å². The van der Waals surface area contributed by atoms with Crippen LogP contribution >= 0.6 is 0 Å². The van der Waals surface area contributed by atoms with Gasteiger partial charge in [0.05, 0.1) is 10.9 Å². The molecule has 1 aliphatic rings. The van der Waals surface area contributed by atoms with Crippen molar-refractivity contribution >= 4 is 20.9 Å². The second-order valence-corrected chi connectivity index (χ2v) is 10.5. The minimum atomic E-state index is -3.56. The van der Waals surface area contributed by atoms with Gasteiger partial charge in [-0.2, -0.15) is 4.31 Å². The molecule has 1 atom stereocenters. The molecule has 0 amide bonds. The Morgan fingerprint density at radius 3 is 2.41 bits per heavy atom. The summed E-state index contributed by atoms with van der Waals surface area (Å²) in [7, 11) is -3.56. The summed E-state index contributed by atoms with van der Waals surface area (Å²) in [6.45, 7) is 9.10. The van der Waals surface area contributed by atoms with Crippen LogP contribution in [0.15, 0.2) is 53.4 Å². The van der Waals surface area contributed by atoms with E-state index in [1.165, 1.54) is 16.5 Å². The number of nitrogens with zero attached hydrogens (tertiary/aromatic N) is 1. The molecule has 0 spiro atoms. The van der Waals surface area contributed by atoms with Gasteiger partial charge in [-0.3, -0.25) is 0 Å². The van der Waals surface area contributed by atoms with Crippen LogP contribution in [-0.4, -0.2) is 24.3 Å². The molecule has 2 heterocycles. The van der Waals surface area contributed by atoms with E-state index in [2.05, 4.69) is 44.8 Å². The number of benzene rings is 2. The lowest BCUT2D eigenvalue weighted by Gasteiger charge is -2.34. The number of aromatic nitrogens is 1. The van der Waals surface area contributed by atoms with Crippen molar-refractivity contribution in [2.24, 2.45) is 0 Å². The topological polar surface area (TPSA) is 53.2 Å². The molecule has 0 fully saturated rings. The first kappa shape index (κ1) is 20.2. The second kappa shape index (κ2) is 7.29. The SMILES string of the molecule is CCC1c2[nH]c3ccccc3c2CCN1S(=O)(=O)c1ccc(C(C)(C)CC)cc1. The van der Waals surface area contributed by atoms with Gasteiger partial charge in [0.1, 0.15) is 0 Å². The molecular weight excluding hydrogens is 380 g/mol. The molecule has 3 aromatic rings. The third kappa shape index (κ3) is 3.30. The zero-order valence-corrected chi connectivity index (χ0v) is 18.5. The highest BCUT2D eigenvalue weighted by Gasteiger charge is 2.37. The van der Waals surface area contributed by atoms with Crippen molar-refractivity contribution in [1.29, 1.82) is 0 Å². The van der Waals surface area contributed by atoms with Gasteiger partial charge >= 0.3 is 0 Å². The second-order valence-electron chi connectivity index (χ2n) is 8.61. The number of H-pyrrole nitrogens is 1. The Balaban J connectivity index is 1.72. The monoisotopic (exact) mass is 410 g/mol. The Hall–Kier alpha value is -2.11. The number of hydrogen-bond donors (Lipinski definition) is 1. The summed E-state index contributed by atoms with van der Waals surface area (Å²) in [5.74, 6) is 0. The van der Waals surface area contributed by atoms with Gasteiger partial charge in [-0.1, -0.05) is 58.0 Å². The maximum absolute atomic E-state index is 13.5. The van der Waals surface area contributed by atoms with E-state index in [4.69, 9.17) is 0 Å². The number of sulfonamides is 1. The molecule has 1 aliphatic heterocycles. The molecule has 0 saturated heterocycles. The number of aromatic amines is 1. The number of nitrogens with one attached hydrogen (secondary N) is 1. The Morgan fingerprint density at radius 1 is 1.07 bits per heavy atom. The lowest BCUT2D eigenvalue weighted by molar-refractivity contribution is 0.297. The largest absolute Gasteiger partial charge is 0.357 e. The molecule has 2 aromatic carbocycles. The molecule has 4 rings (SSSR count). The summed E-state index contributed by atoms with van der Waals surface area (Å²) in [5.41, 5.74) is 4.61. The minimum Gasteiger partial charge on any atom is -0.357 e. The van der Waals surface area contributed by atoms with E-state index in [9.17, 15) is 8.42 Å². The van der Waals surface area contributed by atoms with E-state index in [-0.39, 0.29) is 11.5 Å². The van der Waals surface area contributed by atoms with Crippen LogP contribution < -0.4 is 0 Å². The third-order valence-corrected chi connectivity index (χ3v) is 8.55. The summed E-state index contributed by atoms with van der Waals surface area (Å²) in [6.07, 6.45) is 2.47. The zero-order valence-electron chi connectivity index (χ0n) is 17.7. The van der Waals surface area contributed by atoms with E-state index in [0.717, 1.165) is 30.5 Å². The minimum absolute atomic E-state index is 0.0403. The summed E-state index contributed by atoms with van der Waals surface area (Å²) >= 11 is 0. The standard InChI is InChI=1S/C24H30N2O2S/c1-5-22-23-20(19-9-7-8-10-21(19)25-23)15-16-26(22)29(27,28)18-13-11-17(12-14-18)24(3,4)6-2/h7-14,22,25H,5-6,15-16H2,1-4H3. The first-order chi connectivity index (χ1) is 13.8. The predicted octanol–water partition coefficient (Wildman–Crippen LogP) is 5.55. The molecule has 1 N–H and O–H groups in total. The van der Waals surface area contributed by atoms with Gasteiger partial charge in [0, 0.05) is 23.1 Å². The molecule has 0 radical (unpaired) electrons. The maximum Gasteiger partial charge on any atom is 0.243 e. The fourth-order valence-corrected chi connectivity index (χ4v) is 6.08. The van der Waals surface area contributed by atoms with Crippen LogP contribution in [0.2, 0.25) is 0 Å². The molecular formula is C24H30N2O2S. The number of para-hydroxylation sites is 1. The number of hydrogen-bond acceptors (Lipinski definition) is 2. The number of rotatable bonds is 5. The lowest BCUT2D eigenvalue weighted by Crippen LogP contribution is -2.39. The highest BCUT2D eigenvalue weighted by atomic mass is 32.2. The Labute approximate surface area is 174 Å². The van der Waals surface area contributed by atoms with Gasteiger partial charge in [-0.05, 0) is 54.0 Å². The number of fused-ring (bicyclic) bond motifs is 3. The van der Waals surface area contributed by atoms with Crippen molar-refractivity contribution in [3.63, 3.8) is 0 Å². The average molecular weight is 411 g/mol. The van der Waals surface area contributed by atoms with Gasteiger partial charge in [0.2, 0.25) is 10.0 Å². The van der Waals surface area contributed by atoms with Gasteiger partial charge in [-0.25, -0.2) is 8.42 Å². The molecule has 154 valence electrons. The van der Waals surface area contributed by atoms with E-state index in [1.54, 1.807) is 16.4 Å². The van der Waals surface area contributed by atoms with Crippen LogP contribution in [0.3, 0.4) is 0 Å². The molecule has 4 nitrogen and oxygen atoms in total. The highest BCUT2D eigenvalue weighted by molar-refractivity contribution is 7.89. The molecule has 0 saturated carbocycles. The summed E-state index contributed by atoms with van der Waals surface area (Å²) in [6, 6.07) is 15.6. The van der Waals surface area contributed by atoms with Crippen LogP contribution in [0.5, 0.6) is 0 Å².